The van der Waals surface area contributed by atoms with Crippen molar-refractivity contribution in [3.63, 3.8) is 0 Å². The maximum absolute atomic E-state index is 4.39. The zero-order valence-electron chi connectivity index (χ0n) is 12.0. The van der Waals surface area contributed by atoms with Crippen LogP contribution in [0, 0.1) is 0 Å². The number of nitrogens with zero attached hydrogens (tertiary/aromatic N) is 3. The fourth-order valence-corrected chi connectivity index (χ4v) is 3.24. The zero-order valence-corrected chi connectivity index (χ0v) is 12.0. The lowest BCUT2D eigenvalue weighted by atomic mass is 9.97. The summed E-state index contributed by atoms with van der Waals surface area (Å²) < 4.78 is 0. The average molecular weight is 257 g/mol. The molecule has 2 aliphatic heterocycles. The summed E-state index contributed by atoms with van der Waals surface area (Å²) in [4.78, 5) is 9.32. The highest BCUT2D eigenvalue weighted by Crippen LogP contribution is 2.28. The van der Waals surface area contributed by atoms with Crippen LogP contribution in [0.1, 0.15) is 24.0 Å². The quantitative estimate of drug-likeness (QED) is 0.809. The molecule has 0 bridgehead atoms. The fourth-order valence-electron chi connectivity index (χ4n) is 3.24. The van der Waals surface area contributed by atoms with E-state index in [2.05, 4.69) is 47.1 Å². The Morgan fingerprint density at radius 3 is 2.74 bits per heavy atom. The van der Waals surface area contributed by atoms with E-state index >= 15 is 0 Å². The van der Waals surface area contributed by atoms with Gasteiger partial charge in [-0.15, -0.1) is 0 Å². The van der Waals surface area contributed by atoms with Gasteiger partial charge in [0.1, 0.15) is 0 Å². The van der Waals surface area contributed by atoms with Crippen molar-refractivity contribution in [3.8, 4) is 0 Å². The van der Waals surface area contributed by atoms with Gasteiger partial charge in [0.15, 0.2) is 0 Å². The maximum Gasteiger partial charge on any atom is 0.0430 e. The molecule has 0 amide bonds. The highest BCUT2D eigenvalue weighted by atomic mass is 15.2. The van der Waals surface area contributed by atoms with E-state index in [0.717, 1.165) is 19.0 Å². The van der Waals surface area contributed by atoms with Crippen molar-refractivity contribution in [2.24, 2.45) is 4.99 Å². The first-order valence-corrected chi connectivity index (χ1v) is 7.29. The molecule has 2 heterocycles. The minimum Gasteiger partial charge on any atom is -0.371 e. The van der Waals surface area contributed by atoms with Crippen LogP contribution < -0.4 is 4.90 Å². The van der Waals surface area contributed by atoms with E-state index in [0.29, 0.717) is 0 Å². The molecular weight excluding hydrogens is 234 g/mol. The average Bonchev–Trinajstić information content (AvgIpc) is 2.47. The number of anilines is 1. The lowest BCUT2D eigenvalue weighted by Crippen LogP contribution is -2.42. The number of aliphatic imine (C=N–C) groups is 1. The van der Waals surface area contributed by atoms with Crippen molar-refractivity contribution in [2.75, 3.05) is 38.6 Å². The van der Waals surface area contributed by atoms with Crippen molar-refractivity contribution in [3.05, 3.63) is 29.3 Å². The van der Waals surface area contributed by atoms with Crippen molar-refractivity contribution in [2.45, 2.75) is 25.3 Å². The predicted octanol–water partition coefficient (Wildman–Crippen LogP) is 2.19. The third-order valence-electron chi connectivity index (χ3n) is 4.44. The number of fused-ring (bicyclic) bond motifs is 1. The van der Waals surface area contributed by atoms with Crippen LogP contribution in [0.4, 0.5) is 5.69 Å². The summed E-state index contributed by atoms with van der Waals surface area (Å²) in [5.74, 6) is 0. The molecule has 1 aromatic rings. The highest BCUT2D eigenvalue weighted by molar-refractivity contribution is 5.85. The molecule has 0 radical (unpaired) electrons. The van der Waals surface area contributed by atoms with Gasteiger partial charge in [0.05, 0.1) is 0 Å². The molecule has 0 aliphatic carbocycles. The third kappa shape index (κ3) is 2.52. The van der Waals surface area contributed by atoms with Crippen LogP contribution >= 0.6 is 0 Å². The molecule has 3 heteroatoms. The Balaban J connectivity index is 1.79. The molecule has 0 aromatic heterocycles. The molecule has 1 fully saturated rings. The highest BCUT2D eigenvalue weighted by Gasteiger charge is 2.23. The maximum atomic E-state index is 4.39. The summed E-state index contributed by atoms with van der Waals surface area (Å²) in [5.41, 5.74) is 4.26. The van der Waals surface area contributed by atoms with E-state index in [1.807, 2.05) is 6.21 Å². The standard InChI is InChI=1S/C16H23N3/c1-18(2)14-7-10-19(11-8-14)16-5-3-4-13-12-17-9-6-15(13)16/h3-5,12,14H,6-11H2,1-2H3. The molecule has 0 atom stereocenters. The Hall–Kier alpha value is -1.35. The largest absolute Gasteiger partial charge is 0.371 e. The van der Waals surface area contributed by atoms with Gasteiger partial charge in [-0.3, -0.25) is 4.99 Å². The first-order chi connectivity index (χ1) is 9.25. The SMILES string of the molecule is CN(C)C1CCN(c2cccc3c2CCN=C3)CC1. The summed E-state index contributed by atoms with van der Waals surface area (Å²) in [7, 11) is 4.39. The van der Waals surface area contributed by atoms with Crippen molar-refractivity contribution in [1.82, 2.24) is 4.90 Å². The predicted molar refractivity (Wildman–Crippen MR) is 81.5 cm³/mol. The topological polar surface area (TPSA) is 18.8 Å². The van der Waals surface area contributed by atoms with Crippen molar-refractivity contribution >= 4 is 11.9 Å². The van der Waals surface area contributed by atoms with E-state index in [-0.39, 0.29) is 0 Å². The van der Waals surface area contributed by atoms with Crippen LogP contribution in [0.2, 0.25) is 0 Å². The Morgan fingerprint density at radius 1 is 1.21 bits per heavy atom. The summed E-state index contributed by atoms with van der Waals surface area (Å²) in [6.45, 7) is 3.30. The van der Waals surface area contributed by atoms with Gasteiger partial charge in [-0.05, 0) is 50.6 Å². The molecule has 1 aromatic carbocycles. The van der Waals surface area contributed by atoms with Crippen LogP contribution in [0.5, 0.6) is 0 Å². The van der Waals surface area contributed by atoms with E-state index in [9.17, 15) is 0 Å². The minimum absolute atomic E-state index is 0.748. The van der Waals surface area contributed by atoms with Crippen LogP contribution in [-0.4, -0.2) is 50.9 Å². The smallest absolute Gasteiger partial charge is 0.0430 e. The normalized spacial score (nSPS) is 19.8. The third-order valence-corrected chi connectivity index (χ3v) is 4.44. The number of piperidine rings is 1. The van der Waals surface area contributed by atoms with Gasteiger partial charge in [0, 0.05) is 37.6 Å². The van der Waals surface area contributed by atoms with E-state index in [4.69, 9.17) is 0 Å². The number of rotatable bonds is 2. The molecule has 3 rings (SSSR count). The second-order valence-corrected chi connectivity index (χ2v) is 5.81. The van der Waals surface area contributed by atoms with Crippen LogP contribution in [-0.2, 0) is 6.42 Å². The molecule has 19 heavy (non-hydrogen) atoms. The van der Waals surface area contributed by atoms with Gasteiger partial charge in [-0.25, -0.2) is 0 Å². The molecule has 3 nitrogen and oxygen atoms in total. The second-order valence-electron chi connectivity index (χ2n) is 5.81. The molecule has 0 saturated carbocycles. The van der Waals surface area contributed by atoms with Crippen LogP contribution in [0.15, 0.2) is 23.2 Å². The van der Waals surface area contributed by atoms with Gasteiger partial charge < -0.3 is 9.80 Å². The number of hydrogen-bond donors (Lipinski definition) is 0. The first kappa shape index (κ1) is 12.7. The lowest BCUT2D eigenvalue weighted by molar-refractivity contribution is 0.249. The lowest BCUT2D eigenvalue weighted by Gasteiger charge is -2.37. The monoisotopic (exact) mass is 257 g/mol. The zero-order chi connectivity index (χ0) is 13.2. The van der Waals surface area contributed by atoms with Gasteiger partial charge >= 0.3 is 0 Å². The van der Waals surface area contributed by atoms with Gasteiger partial charge in [-0.1, -0.05) is 12.1 Å². The molecule has 0 N–H and O–H groups in total. The number of benzene rings is 1. The Bertz CT molecular complexity index is 471. The van der Waals surface area contributed by atoms with E-state index < -0.39 is 0 Å². The van der Waals surface area contributed by atoms with Gasteiger partial charge in [0.25, 0.3) is 0 Å². The molecule has 0 unspecified atom stereocenters. The van der Waals surface area contributed by atoms with E-state index in [1.165, 1.54) is 42.7 Å². The Morgan fingerprint density at radius 2 is 2.00 bits per heavy atom. The number of hydrogen-bond acceptors (Lipinski definition) is 3. The van der Waals surface area contributed by atoms with Crippen molar-refractivity contribution in [1.29, 1.82) is 0 Å². The van der Waals surface area contributed by atoms with Crippen LogP contribution in [0.25, 0.3) is 0 Å². The van der Waals surface area contributed by atoms with E-state index in [1.54, 1.807) is 0 Å². The summed E-state index contributed by atoms with van der Waals surface area (Å²) in [6.07, 6.45) is 5.67. The minimum atomic E-state index is 0.748. The Kier molecular flexibility index (Phi) is 3.56. The van der Waals surface area contributed by atoms with Gasteiger partial charge in [-0.2, -0.15) is 0 Å². The fraction of sp³-hybridized carbons (Fsp3) is 0.562. The molecule has 102 valence electrons. The summed E-state index contributed by atoms with van der Waals surface area (Å²) in [6, 6.07) is 7.39. The molecule has 1 saturated heterocycles. The Labute approximate surface area is 115 Å². The molecule has 2 aliphatic rings. The summed E-state index contributed by atoms with van der Waals surface area (Å²) in [5, 5.41) is 0. The second kappa shape index (κ2) is 5.33. The molecule has 0 spiro atoms. The van der Waals surface area contributed by atoms with Crippen LogP contribution in [0.3, 0.4) is 0 Å². The van der Waals surface area contributed by atoms with Gasteiger partial charge in [0.2, 0.25) is 0 Å². The molecular formula is C16H23N3. The summed E-state index contributed by atoms with van der Waals surface area (Å²) >= 11 is 0. The first-order valence-electron chi connectivity index (χ1n) is 7.29. The van der Waals surface area contributed by atoms with Crippen molar-refractivity contribution < 1.29 is 0 Å².